The van der Waals surface area contributed by atoms with Crippen LogP contribution in [0.1, 0.15) is 25.2 Å². The van der Waals surface area contributed by atoms with E-state index in [4.69, 9.17) is 21.1 Å². The Bertz CT molecular complexity index is 585. The summed E-state index contributed by atoms with van der Waals surface area (Å²) >= 11 is 6.08. The molecule has 20 heavy (non-hydrogen) atoms. The zero-order valence-corrected chi connectivity index (χ0v) is 12.6. The van der Waals surface area contributed by atoms with Crippen LogP contribution >= 0.6 is 11.6 Å². The molecular weight excluding hydrogens is 276 g/mol. The van der Waals surface area contributed by atoms with Gasteiger partial charge in [-0.05, 0) is 38.1 Å². The molecule has 0 saturated heterocycles. The van der Waals surface area contributed by atoms with E-state index in [0.29, 0.717) is 35.6 Å². The van der Waals surface area contributed by atoms with Crippen LogP contribution in [0.3, 0.4) is 0 Å². The molecule has 0 bridgehead atoms. The molecule has 0 spiro atoms. The van der Waals surface area contributed by atoms with Gasteiger partial charge in [0.2, 0.25) is 5.88 Å². The van der Waals surface area contributed by atoms with E-state index in [1.165, 1.54) is 0 Å². The Kier molecular flexibility index (Phi) is 4.79. The van der Waals surface area contributed by atoms with Crippen molar-refractivity contribution in [3.63, 3.8) is 0 Å². The minimum atomic E-state index is 0.429. The van der Waals surface area contributed by atoms with Crippen molar-refractivity contribution in [1.82, 2.24) is 9.97 Å². The Balaban J connectivity index is 2.22. The summed E-state index contributed by atoms with van der Waals surface area (Å²) in [4.78, 5) is 8.54. The number of nitrogens with zero attached hydrogens (tertiary/aromatic N) is 2. The molecule has 2 rings (SSSR count). The van der Waals surface area contributed by atoms with Gasteiger partial charge < -0.3 is 9.47 Å². The number of halogens is 1. The Morgan fingerprint density at radius 2 is 1.70 bits per heavy atom. The van der Waals surface area contributed by atoms with Crippen molar-refractivity contribution in [2.24, 2.45) is 0 Å². The Morgan fingerprint density at radius 1 is 1.05 bits per heavy atom. The van der Waals surface area contributed by atoms with Gasteiger partial charge in [-0.25, -0.2) is 4.98 Å². The van der Waals surface area contributed by atoms with E-state index in [1.807, 2.05) is 45.0 Å². The maximum atomic E-state index is 6.08. The number of rotatable bonds is 5. The lowest BCUT2D eigenvalue weighted by Gasteiger charge is -2.10. The van der Waals surface area contributed by atoms with Crippen molar-refractivity contribution in [3.8, 4) is 17.4 Å². The summed E-state index contributed by atoms with van der Waals surface area (Å²) in [5.41, 5.74) is 0.734. The molecular formula is C15H17ClN2O2. The third-order valence-corrected chi connectivity index (χ3v) is 3.12. The number of benzene rings is 1. The monoisotopic (exact) mass is 292 g/mol. The van der Waals surface area contributed by atoms with E-state index in [2.05, 4.69) is 9.97 Å². The molecule has 0 aliphatic rings. The molecule has 1 aromatic heterocycles. The largest absolute Gasteiger partial charge is 0.494 e. The van der Waals surface area contributed by atoms with E-state index < -0.39 is 0 Å². The maximum absolute atomic E-state index is 6.08. The summed E-state index contributed by atoms with van der Waals surface area (Å²) in [5, 5.41) is 0.429. The molecule has 0 unspecified atom stereocenters. The first kappa shape index (κ1) is 14.6. The van der Waals surface area contributed by atoms with Crippen molar-refractivity contribution in [3.05, 3.63) is 40.8 Å². The first-order valence-corrected chi connectivity index (χ1v) is 6.95. The summed E-state index contributed by atoms with van der Waals surface area (Å²) in [6, 6.07) is 7.40. The highest BCUT2D eigenvalue weighted by molar-refractivity contribution is 6.30. The lowest BCUT2D eigenvalue weighted by Crippen LogP contribution is -2.00. The number of hydrogen-bond acceptors (Lipinski definition) is 4. The fourth-order valence-corrected chi connectivity index (χ4v) is 1.83. The Morgan fingerprint density at radius 3 is 2.30 bits per heavy atom. The molecule has 0 amide bonds. The van der Waals surface area contributed by atoms with Crippen LogP contribution < -0.4 is 9.47 Å². The lowest BCUT2D eigenvalue weighted by molar-refractivity contribution is 0.339. The number of ether oxygens (including phenoxy) is 2. The molecule has 0 saturated carbocycles. The molecule has 0 N–H and O–H groups in total. The molecule has 5 heteroatoms. The smallest absolute Gasteiger partial charge is 0.226 e. The SMILES string of the molecule is CCOc1ccc(Oc2nc(CC)nc(Cl)c2C)cc1. The number of hydrogen-bond donors (Lipinski definition) is 0. The van der Waals surface area contributed by atoms with Crippen LogP contribution in [-0.4, -0.2) is 16.6 Å². The van der Waals surface area contributed by atoms with Gasteiger partial charge in [0.15, 0.2) is 0 Å². The van der Waals surface area contributed by atoms with Gasteiger partial charge in [-0.1, -0.05) is 18.5 Å². The first-order valence-electron chi connectivity index (χ1n) is 6.57. The van der Waals surface area contributed by atoms with Crippen LogP contribution in [0.2, 0.25) is 5.15 Å². The molecule has 1 heterocycles. The van der Waals surface area contributed by atoms with E-state index in [9.17, 15) is 0 Å². The minimum Gasteiger partial charge on any atom is -0.494 e. The van der Waals surface area contributed by atoms with Gasteiger partial charge >= 0.3 is 0 Å². The van der Waals surface area contributed by atoms with Crippen molar-refractivity contribution in [1.29, 1.82) is 0 Å². The summed E-state index contributed by atoms with van der Waals surface area (Å²) in [6.07, 6.45) is 0.708. The van der Waals surface area contributed by atoms with Gasteiger partial charge in [0.1, 0.15) is 22.5 Å². The van der Waals surface area contributed by atoms with Crippen molar-refractivity contribution >= 4 is 11.6 Å². The van der Waals surface area contributed by atoms with E-state index in [0.717, 1.165) is 11.3 Å². The molecule has 0 aliphatic heterocycles. The van der Waals surface area contributed by atoms with E-state index in [1.54, 1.807) is 0 Å². The van der Waals surface area contributed by atoms with Gasteiger partial charge in [-0.2, -0.15) is 4.98 Å². The summed E-state index contributed by atoms with van der Waals surface area (Å²) < 4.78 is 11.2. The van der Waals surface area contributed by atoms with Crippen LogP contribution in [0.25, 0.3) is 0 Å². The normalized spacial score (nSPS) is 10.4. The third kappa shape index (κ3) is 3.39. The van der Waals surface area contributed by atoms with Crippen LogP contribution in [0.15, 0.2) is 24.3 Å². The van der Waals surface area contributed by atoms with E-state index in [-0.39, 0.29) is 0 Å². The molecule has 0 aliphatic carbocycles. The van der Waals surface area contributed by atoms with Gasteiger partial charge in [0.05, 0.1) is 6.61 Å². The highest BCUT2D eigenvalue weighted by Gasteiger charge is 2.10. The average Bonchev–Trinajstić information content (AvgIpc) is 2.46. The van der Waals surface area contributed by atoms with Crippen LogP contribution in [0.4, 0.5) is 0 Å². The lowest BCUT2D eigenvalue weighted by atomic mass is 10.3. The number of aromatic nitrogens is 2. The summed E-state index contributed by atoms with van der Waals surface area (Å²) in [5.74, 6) is 2.66. The maximum Gasteiger partial charge on any atom is 0.226 e. The van der Waals surface area contributed by atoms with Crippen LogP contribution in [0, 0.1) is 6.92 Å². The highest BCUT2D eigenvalue weighted by atomic mass is 35.5. The standard InChI is InChI=1S/C15H17ClN2O2/c1-4-13-17-14(16)10(3)15(18-13)20-12-8-6-11(7-9-12)19-5-2/h6-9H,4-5H2,1-3H3. The quantitative estimate of drug-likeness (QED) is 0.775. The predicted octanol–water partition coefficient (Wildman–Crippen LogP) is 4.19. The van der Waals surface area contributed by atoms with Crippen molar-refractivity contribution in [2.45, 2.75) is 27.2 Å². The summed E-state index contributed by atoms with van der Waals surface area (Å²) in [6.45, 7) is 6.40. The summed E-state index contributed by atoms with van der Waals surface area (Å²) in [7, 11) is 0. The fourth-order valence-electron chi connectivity index (χ4n) is 1.65. The Labute approximate surface area is 123 Å². The first-order chi connectivity index (χ1) is 9.63. The van der Waals surface area contributed by atoms with Crippen LogP contribution in [-0.2, 0) is 6.42 Å². The second-order valence-electron chi connectivity index (χ2n) is 4.22. The van der Waals surface area contributed by atoms with Crippen LogP contribution in [0.5, 0.6) is 17.4 Å². The molecule has 1 aromatic carbocycles. The highest BCUT2D eigenvalue weighted by Crippen LogP contribution is 2.28. The molecule has 0 atom stereocenters. The predicted molar refractivity (Wildman–Crippen MR) is 78.8 cm³/mol. The average molecular weight is 293 g/mol. The van der Waals surface area contributed by atoms with Gasteiger partial charge in [-0.15, -0.1) is 0 Å². The zero-order valence-electron chi connectivity index (χ0n) is 11.8. The molecule has 106 valence electrons. The Hall–Kier alpha value is -1.81. The minimum absolute atomic E-state index is 0.429. The topological polar surface area (TPSA) is 44.2 Å². The second kappa shape index (κ2) is 6.57. The molecule has 0 fully saturated rings. The fraction of sp³-hybridized carbons (Fsp3) is 0.333. The molecule has 2 aromatic rings. The van der Waals surface area contributed by atoms with Gasteiger partial charge in [0, 0.05) is 12.0 Å². The van der Waals surface area contributed by atoms with Crippen molar-refractivity contribution < 1.29 is 9.47 Å². The number of aryl methyl sites for hydroxylation is 1. The van der Waals surface area contributed by atoms with Gasteiger partial charge in [-0.3, -0.25) is 0 Å². The third-order valence-electron chi connectivity index (χ3n) is 2.75. The second-order valence-corrected chi connectivity index (χ2v) is 4.58. The molecule has 0 radical (unpaired) electrons. The van der Waals surface area contributed by atoms with E-state index >= 15 is 0 Å². The van der Waals surface area contributed by atoms with Gasteiger partial charge in [0.25, 0.3) is 0 Å². The zero-order chi connectivity index (χ0) is 14.5. The van der Waals surface area contributed by atoms with Crippen molar-refractivity contribution in [2.75, 3.05) is 6.61 Å². The molecule has 4 nitrogen and oxygen atoms in total.